The van der Waals surface area contributed by atoms with E-state index < -0.39 is 24.3 Å². The lowest BCUT2D eigenvalue weighted by Gasteiger charge is -2.10. The van der Waals surface area contributed by atoms with Gasteiger partial charge in [0.05, 0.1) is 11.9 Å². The van der Waals surface area contributed by atoms with Crippen LogP contribution in [0.3, 0.4) is 0 Å². The third-order valence-electron chi connectivity index (χ3n) is 4.66. The van der Waals surface area contributed by atoms with Crippen LogP contribution < -0.4 is 16.0 Å². The minimum Gasteiger partial charge on any atom is -0.480 e. The fraction of sp³-hybridized carbons (Fsp3) is 0.286. The van der Waals surface area contributed by atoms with Gasteiger partial charge in [-0.15, -0.1) is 11.3 Å². The number of carboxylic acids is 1. The lowest BCUT2D eigenvalue weighted by atomic mass is 10.1. The Morgan fingerprint density at radius 1 is 1.00 bits per heavy atom. The average Bonchev–Trinajstić information content (AvgIpc) is 3.02. The Morgan fingerprint density at radius 2 is 1.71 bits per heavy atom. The van der Waals surface area contributed by atoms with Crippen LogP contribution in [0.5, 0.6) is 0 Å². The molecule has 4 N–H and O–H groups in total. The SMILES string of the molecule is Cc1nc(NCc2ccc(C(=O)NCC(=O)NCC(=O)O)cc2)c2c(C)c(C)sc2n1. The highest BCUT2D eigenvalue weighted by molar-refractivity contribution is 7.18. The first kappa shape index (κ1) is 22.2. The molecule has 9 nitrogen and oxygen atoms in total. The molecule has 1 aromatic carbocycles. The zero-order valence-electron chi connectivity index (χ0n) is 17.4. The minimum atomic E-state index is -1.15. The van der Waals surface area contributed by atoms with Gasteiger partial charge in [-0.3, -0.25) is 14.4 Å². The van der Waals surface area contributed by atoms with E-state index in [9.17, 15) is 14.4 Å². The Balaban J connectivity index is 1.60. The molecule has 0 atom stereocenters. The number of nitrogens with zero attached hydrogens (tertiary/aromatic N) is 2. The van der Waals surface area contributed by atoms with E-state index in [0.29, 0.717) is 17.9 Å². The van der Waals surface area contributed by atoms with Crippen LogP contribution >= 0.6 is 11.3 Å². The molecular formula is C21H23N5O4S. The molecule has 0 saturated carbocycles. The van der Waals surface area contributed by atoms with Crippen LogP contribution in [-0.4, -0.2) is 45.9 Å². The van der Waals surface area contributed by atoms with Crippen molar-refractivity contribution in [2.75, 3.05) is 18.4 Å². The second-order valence-electron chi connectivity index (χ2n) is 6.99. The van der Waals surface area contributed by atoms with Gasteiger partial charge < -0.3 is 21.1 Å². The highest BCUT2D eigenvalue weighted by Crippen LogP contribution is 2.33. The first-order chi connectivity index (χ1) is 14.7. The number of benzene rings is 1. The van der Waals surface area contributed by atoms with Gasteiger partial charge in [-0.25, -0.2) is 9.97 Å². The summed E-state index contributed by atoms with van der Waals surface area (Å²) >= 11 is 1.65. The fourth-order valence-electron chi connectivity index (χ4n) is 2.94. The van der Waals surface area contributed by atoms with E-state index in [0.717, 1.165) is 21.6 Å². The molecular weight excluding hydrogens is 418 g/mol. The van der Waals surface area contributed by atoms with Gasteiger partial charge >= 0.3 is 5.97 Å². The molecule has 0 saturated heterocycles. The Hall–Kier alpha value is -3.53. The molecule has 0 aliphatic heterocycles. The van der Waals surface area contributed by atoms with Crippen molar-refractivity contribution in [2.45, 2.75) is 27.3 Å². The molecule has 3 aromatic rings. The summed E-state index contributed by atoms with van der Waals surface area (Å²) < 4.78 is 0. The predicted molar refractivity (Wildman–Crippen MR) is 118 cm³/mol. The van der Waals surface area contributed by atoms with Gasteiger partial charge in [0, 0.05) is 17.0 Å². The summed E-state index contributed by atoms with van der Waals surface area (Å²) in [6.45, 7) is 5.74. The van der Waals surface area contributed by atoms with E-state index in [-0.39, 0.29) is 6.54 Å². The molecule has 2 aromatic heterocycles. The van der Waals surface area contributed by atoms with Crippen molar-refractivity contribution in [3.63, 3.8) is 0 Å². The van der Waals surface area contributed by atoms with Crippen LogP contribution in [0.1, 0.15) is 32.2 Å². The standard InChI is InChI=1S/C21H23N5O4S/c1-11-12(2)31-21-18(11)19(25-13(3)26-21)23-8-14-4-6-15(7-5-14)20(30)24-9-16(27)22-10-17(28)29/h4-7H,8-10H2,1-3H3,(H,22,27)(H,24,30)(H,28,29)(H,23,25,26). The van der Waals surface area contributed by atoms with Crippen molar-refractivity contribution in [3.8, 4) is 0 Å². The molecule has 2 amide bonds. The summed E-state index contributed by atoms with van der Waals surface area (Å²) in [6, 6.07) is 6.98. The summed E-state index contributed by atoms with van der Waals surface area (Å²) in [5.74, 6) is -0.635. The van der Waals surface area contributed by atoms with E-state index >= 15 is 0 Å². The second-order valence-corrected chi connectivity index (χ2v) is 8.19. The topological polar surface area (TPSA) is 133 Å². The van der Waals surface area contributed by atoms with Gasteiger partial charge in [-0.1, -0.05) is 12.1 Å². The lowest BCUT2D eigenvalue weighted by molar-refractivity contribution is -0.137. The van der Waals surface area contributed by atoms with Crippen LogP contribution in [0.4, 0.5) is 5.82 Å². The number of thiophene rings is 1. The van der Waals surface area contributed by atoms with Crippen LogP contribution in [-0.2, 0) is 16.1 Å². The summed E-state index contributed by atoms with van der Waals surface area (Å²) in [5, 5.41) is 17.6. The summed E-state index contributed by atoms with van der Waals surface area (Å²) in [5.41, 5.74) is 2.53. The van der Waals surface area contributed by atoms with Crippen molar-refractivity contribution < 1.29 is 19.5 Å². The number of carboxylic acid groups (broad SMARTS) is 1. The van der Waals surface area contributed by atoms with Gasteiger partial charge in [0.15, 0.2) is 0 Å². The van der Waals surface area contributed by atoms with Crippen LogP contribution in [0.2, 0.25) is 0 Å². The van der Waals surface area contributed by atoms with E-state index in [1.54, 1.807) is 23.5 Å². The van der Waals surface area contributed by atoms with Crippen molar-refractivity contribution in [3.05, 3.63) is 51.7 Å². The van der Waals surface area contributed by atoms with Gasteiger partial charge in [0.2, 0.25) is 5.91 Å². The number of hydrogen-bond donors (Lipinski definition) is 4. The number of aryl methyl sites for hydroxylation is 3. The third kappa shape index (κ3) is 5.54. The van der Waals surface area contributed by atoms with Gasteiger partial charge in [-0.2, -0.15) is 0 Å². The van der Waals surface area contributed by atoms with Crippen molar-refractivity contribution >= 4 is 45.2 Å². The number of amides is 2. The molecule has 10 heteroatoms. The number of fused-ring (bicyclic) bond motifs is 1. The molecule has 0 aliphatic rings. The molecule has 3 rings (SSSR count). The molecule has 162 valence electrons. The summed E-state index contributed by atoms with van der Waals surface area (Å²) in [7, 11) is 0. The molecule has 0 aliphatic carbocycles. The smallest absolute Gasteiger partial charge is 0.322 e. The largest absolute Gasteiger partial charge is 0.480 e. The van der Waals surface area contributed by atoms with Crippen LogP contribution in [0.15, 0.2) is 24.3 Å². The minimum absolute atomic E-state index is 0.294. The molecule has 31 heavy (non-hydrogen) atoms. The third-order valence-corrected chi connectivity index (χ3v) is 5.76. The highest BCUT2D eigenvalue weighted by atomic mass is 32.1. The molecule has 2 heterocycles. The Labute approximate surface area is 182 Å². The molecule has 0 fully saturated rings. The first-order valence-electron chi connectivity index (χ1n) is 9.58. The number of carbonyl (C=O) groups excluding carboxylic acids is 2. The van der Waals surface area contributed by atoms with Crippen molar-refractivity contribution in [1.82, 2.24) is 20.6 Å². The maximum Gasteiger partial charge on any atom is 0.322 e. The van der Waals surface area contributed by atoms with Crippen molar-refractivity contribution in [2.24, 2.45) is 0 Å². The Bertz CT molecular complexity index is 1140. The summed E-state index contributed by atoms with van der Waals surface area (Å²) in [6.07, 6.45) is 0. The zero-order valence-corrected chi connectivity index (χ0v) is 18.2. The predicted octanol–water partition coefficient (Wildman–Crippen LogP) is 2.16. The molecule has 0 spiro atoms. The number of aromatic nitrogens is 2. The van der Waals surface area contributed by atoms with E-state index in [2.05, 4.69) is 39.8 Å². The van der Waals surface area contributed by atoms with Crippen molar-refractivity contribution in [1.29, 1.82) is 0 Å². The highest BCUT2D eigenvalue weighted by Gasteiger charge is 2.13. The number of nitrogens with one attached hydrogen (secondary N) is 3. The molecule has 0 radical (unpaired) electrons. The molecule has 0 unspecified atom stereocenters. The van der Waals surface area contributed by atoms with Gasteiger partial charge in [0.25, 0.3) is 5.91 Å². The van der Waals surface area contributed by atoms with Gasteiger partial charge in [0.1, 0.15) is 23.0 Å². The van der Waals surface area contributed by atoms with Crippen LogP contribution in [0, 0.1) is 20.8 Å². The quantitative estimate of drug-likeness (QED) is 0.421. The number of anilines is 1. The van der Waals surface area contributed by atoms with E-state index in [1.807, 2.05) is 19.1 Å². The maximum atomic E-state index is 12.2. The Morgan fingerprint density at radius 3 is 2.39 bits per heavy atom. The average molecular weight is 442 g/mol. The number of aliphatic carboxylic acids is 1. The monoisotopic (exact) mass is 441 g/mol. The normalized spacial score (nSPS) is 10.7. The van der Waals surface area contributed by atoms with E-state index in [1.165, 1.54) is 10.4 Å². The summed E-state index contributed by atoms with van der Waals surface area (Å²) in [4.78, 5) is 45.3. The fourth-order valence-corrected chi connectivity index (χ4v) is 4.02. The first-order valence-corrected chi connectivity index (χ1v) is 10.4. The molecule has 0 bridgehead atoms. The number of carbonyl (C=O) groups is 3. The second kappa shape index (κ2) is 9.52. The number of hydrogen-bond acceptors (Lipinski definition) is 7. The lowest BCUT2D eigenvalue weighted by Crippen LogP contribution is -2.39. The maximum absolute atomic E-state index is 12.2. The van der Waals surface area contributed by atoms with E-state index in [4.69, 9.17) is 5.11 Å². The zero-order chi connectivity index (χ0) is 22.5. The number of rotatable bonds is 8. The van der Waals surface area contributed by atoms with Gasteiger partial charge in [-0.05, 0) is 44.0 Å². The van der Waals surface area contributed by atoms with Crippen LogP contribution in [0.25, 0.3) is 10.2 Å². The Kier molecular flexibility index (Phi) is 6.81.